The number of anilines is 3. The lowest BCUT2D eigenvalue weighted by Crippen LogP contribution is -2.08. The number of carbonyl (C=O) groups is 1. The number of rotatable bonds is 7. The molecule has 0 fully saturated rings. The van der Waals surface area contributed by atoms with Crippen LogP contribution in [0.1, 0.15) is 21.7 Å². The van der Waals surface area contributed by atoms with E-state index in [1.807, 2.05) is 25.1 Å². The first-order valence-electron chi connectivity index (χ1n) is 8.83. The molecule has 0 aliphatic rings. The van der Waals surface area contributed by atoms with Crippen LogP contribution in [0.25, 0.3) is 0 Å². The predicted molar refractivity (Wildman–Crippen MR) is 111 cm³/mol. The molecule has 0 radical (unpaired) electrons. The van der Waals surface area contributed by atoms with Crippen LogP contribution < -0.4 is 10.6 Å². The summed E-state index contributed by atoms with van der Waals surface area (Å²) in [7, 11) is 1.34. The highest BCUT2D eigenvalue weighted by molar-refractivity contribution is 6.33. The van der Waals surface area contributed by atoms with E-state index in [0.29, 0.717) is 33.7 Å². The van der Waals surface area contributed by atoms with Gasteiger partial charge in [0.05, 0.1) is 23.4 Å². The summed E-state index contributed by atoms with van der Waals surface area (Å²) in [4.78, 5) is 20.6. The summed E-state index contributed by atoms with van der Waals surface area (Å²) in [6.45, 7) is 2.57. The minimum Gasteiger partial charge on any atom is -0.465 e. The fraction of sp³-hybridized carbons (Fsp3) is 0.190. The third kappa shape index (κ3) is 5.20. The summed E-state index contributed by atoms with van der Waals surface area (Å²) >= 11 is 6.25. The molecule has 28 heavy (non-hydrogen) atoms. The maximum Gasteiger partial charge on any atom is 0.337 e. The molecule has 0 spiro atoms. The molecule has 0 saturated heterocycles. The number of ether oxygens (including phenoxy) is 1. The van der Waals surface area contributed by atoms with Crippen molar-refractivity contribution in [2.45, 2.75) is 13.3 Å². The lowest BCUT2D eigenvalue weighted by Gasteiger charge is -2.12. The smallest absolute Gasteiger partial charge is 0.337 e. The zero-order valence-electron chi connectivity index (χ0n) is 15.7. The topological polar surface area (TPSA) is 76.1 Å². The van der Waals surface area contributed by atoms with Gasteiger partial charge in [0.1, 0.15) is 17.5 Å². The van der Waals surface area contributed by atoms with Crippen LogP contribution in [0.5, 0.6) is 0 Å². The first-order valence-corrected chi connectivity index (χ1v) is 9.21. The molecule has 0 unspecified atom stereocenters. The molecule has 1 heterocycles. The van der Waals surface area contributed by atoms with E-state index < -0.39 is 5.97 Å². The molecule has 3 aromatic rings. The highest BCUT2D eigenvalue weighted by Crippen LogP contribution is 2.27. The molecule has 0 aliphatic carbocycles. The van der Waals surface area contributed by atoms with Gasteiger partial charge in [-0.25, -0.2) is 14.8 Å². The van der Waals surface area contributed by atoms with Gasteiger partial charge in [0.25, 0.3) is 0 Å². The van der Waals surface area contributed by atoms with Gasteiger partial charge in [0.15, 0.2) is 0 Å². The van der Waals surface area contributed by atoms with Crippen LogP contribution in [0.3, 0.4) is 0 Å². The van der Waals surface area contributed by atoms with Crippen molar-refractivity contribution in [3.63, 3.8) is 0 Å². The zero-order chi connectivity index (χ0) is 19.9. The second-order valence-corrected chi connectivity index (χ2v) is 6.57. The van der Waals surface area contributed by atoms with E-state index in [4.69, 9.17) is 16.3 Å². The lowest BCUT2D eigenvalue weighted by atomic mass is 10.1. The van der Waals surface area contributed by atoms with Crippen LogP contribution in [0.15, 0.2) is 54.6 Å². The average molecular weight is 397 g/mol. The van der Waals surface area contributed by atoms with Gasteiger partial charge in [-0.2, -0.15) is 0 Å². The number of aryl methyl sites for hydroxylation is 1. The summed E-state index contributed by atoms with van der Waals surface area (Å²) in [6, 6.07) is 16.9. The molecular weight excluding hydrogens is 376 g/mol. The monoisotopic (exact) mass is 396 g/mol. The van der Waals surface area contributed by atoms with Crippen LogP contribution in [0, 0.1) is 6.92 Å². The van der Waals surface area contributed by atoms with Gasteiger partial charge in [-0.05, 0) is 37.1 Å². The van der Waals surface area contributed by atoms with Crippen molar-refractivity contribution in [1.29, 1.82) is 0 Å². The molecule has 0 bridgehead atoms. The van der Waals surface area contributed by atoms with Crippen molar-refractivity contribution in [1.82, 2.24) is 9.97 Å². The summed E-state index contributed by atoms with van der Waals surface area (Å²) in [6.07, 6.45) is 0.889. The lowest BCUT2D eigenvalue weighted by molar-refractivity contribution is 0.0601. The van der Waals surface area contributed by atoms with E-state index in [9.17, 15) is 4.79 Å². The van der Waals surface area contributed by atoms with Crippen LogP contribution >= 0.6 is 11.6 Å². The number of hydrogen-bond acceptors (Lipinski definition) is 6. The number of nitrogens with zero attached hydrogens (tertiary/aromatic N) is 2. The van der Waals surface area contributed by atoms with Gasteiger partial charge in [-0.3, -0.25) is 0 Å². The summed E-state index contributed by atoms with van der Waals surface area (Å²) in [5, 5.41) is 6.94. The molecule has 7 heteroatoms. The van der Waals surface area contributed by atoms with Crippen molar-refractivity contribution in [3.8, 4) is 0 Å². The Morgan fingerprint density at radius 3 is 2.57 bits per heavy atom. The van der Waals surface area contributed by atoms with Crippen molar-refractivity contribution < 1.29 is 9.53 Å². The van der Waals surface area contributed by atoms with E-state index >= 15 is 0 Å². The van der Waals surface area contributed by atoms with Gasteiger partial charge in [0.2, 0.25) is 0 Å². The standard InChI is InChI=1S/C21H21ClN4O2/c1-14-24-19(23-11-10-15-6-4-3-5-7-15)13-20(25-14)26-18-12-16(21(27)28-2)8-9-17(18)22/h3-9,12-13H,10-11H2,1-2H3,(H2,23,24,25,26). The Morgan fingerprint density at radius 2 is 1.82 bits per heavy atom. The molecule has 3 rings (SSSR count). The fourth-order valence-electron chi connectivity index (χ4n) is 2.71. The van der Waals surface area contributed by atoms with Gasteiger partial charge in [0, 0.05) is 12.6 Å². The second kappa shape index (κ2) is 9.19. The number of nitrogens with one attached hydrogen (secondary N) is 2. The first-order chi connectivity index (χ1) is 13.5. The fourth-order valence-corrected chi connectivity index (χ4v) is 2.87. The number of aromatic nitrogens is 2. The number of esters is 1. The van der Waals surface area contributed by atoms with Crippen molar-refractivity contribution in [2.75, 3.05) is 24.3 Å². The number of benzene rings is 2. The van der Waals surface area contributed by atoms with Crippen molar-refractivity contribution in [2.24, 2.45) is 0 Å². The number of carbonyl (C=O) groups excluding carboxylic acids is 1. The van der Waals surface area contributed by atoms with Crippen LogP contribution in [0.2, 0.25) is 5.02 Å². The zero-order valence-corrected chi connectivity index (χ0v) is 16.5. The molecule has 144 valence electrons. The summed E-state index contributed by atoms with van der Waals surface area (Å²) in [5.41, 5.74) is 2.23. The van der Waals surface area contributed by atoms with Crippen LogP contribution in [-0.2, 0) is 11.2 Å². The Morgan fingerprint density at radius 1 is 1.07 bits per heavy atom. The van der Waals surface area contributed by atoms with Gasteiger partial charge in [-0.15, -0.1) is 0 Å². The first kappa shape index (κ1) is 19.6. The maximum atomic E-state index is 11.7. The van der Waals surface area contributed by atoms with Gasteiger partial charge < -0.3 is 15.4 Å². The average Bonchev–Trinajstić information content (AvgIpc) is 2.69. The molecule has 6 nitrogen and oxygen atoms in total. The molecular formula is C21H21ClN4O2. The Kier molecular flexibility index (Phi) is 6.45. The molecule has 0 atom stereocenters. The van der Waals surface area contributed by atoms with Crippen molar-refractivity contribution in [3.05, 3.63) is 76.6 Å². The maximum absolute atomic E-state index is 11.7. The Bertz CT molecular complexity index is 964. The summed E-state index contributed by atoms with van der Waals surface area (Å²) in [5.74, 6) is 1.49. The normalized spacial score (nSPS) is 10.4. The Balaban J connectivity index is 1.72. The summed E-state index contributed by atoms with van der Waals surface area (Å²) < 4.78 is 4.75. The third-order valence-electron chi connectivity index (χ3n) is 4.05. The minimum absolute atomic E-state index is 0.404. The van der Waals surface area contributed by atoms with Crippen LogP contribution in [-0.4, -0.2) is 29.6 Å². The molecule has 0 saturated carbocycles. The Hall–Kier alpha value is -3.12. The number of methoxy groups -OCH3 is 1. The number of halogens is 1. The largest absolute Gasteiger partial charge is 0.465 e. The van der Waals surface area contributed by atoms with E-state index in [2.05, 4.69) is 32.7 Å². The molecule has 1 aromatic heterocycles. The van der Waals surface area contributed by atoms with Gasteiger partial charge in [-0.1, -0.05) is 41.9 Å². The second-order valence-electron chi connectivity index (χ2n) is 6.16. The van der Waals surface area contributed by atoms with E-state index in [1.54, 1.807) is 24.3 Å². The SMILES string of the molecule is COC(=O)c1ccc(Cl)c(Nc2cc(NCCc3ccccc3)nc(C)n2)c1. The highest BCUT2D eigenvalue weighted by Gasteiger charge is 2.10. The minimum atomic E-state index is -0.429. The third-order valence-corrected chi connectivity index (χ3v) is 4.38. The van der Waals surface area contributed by atoms with Crippen LogP contribution in [0.4, 0.5) is 17.3 Å². The predicted octanol–water partition coefficient (Wildman–Crippen LogP) is 4.62. The highest BCUT2D eigenvalue weighted by atomic mass is 35.5. The molecule has 2 N–H and O–H groups in total. The molecule has 0 amide bonds. The van der Waals surface area contributed by atoms with E-state index in [1.165, 1.54) is 12.7 Å². The quantitative estimate of drug-likeness (QED) is 0.567. The van der Waals surface area contributed by atoms with E-state index in [-0.39, 0.29) is 0 Å². The van der Waals surface area contributed by atoms with Crippen molar-refractivity contribution >= 4 is 34.9 Å². The molecule has 0 aliphatic heterocycles. The molecule has 2 aromatic carbocycles. The van der Waals surface area contributed by atoms with E-state index in [0.717, 1.165) is 13.0 Å². The van der Waals surface area contributed by atoms with Gasteiger partial charge >= 0.3 is 5.97 Å². The Labute approximate surface area is 168 Å². The number of hydrogen-bond donors (Lipinski definition) is 2.